The molecule has 1 N–H and O–H groups in total. The first-order valence-electron chi connectivity index (χ1n) is 5.97. The number of hydrogen-bond donors (Lipinski definition) is 1. The fourth-order valence-electron chi connectivity index (χ4n) is 2.05. The van der Waals surface area contributed by atoms with Crippen molar-refractivity contribution in [2.75, 3.05) is 0 Å². The van der Waals surface area contributed by atoms with Gasteiger partial charge in [0.2, 0.25) is 6.54 Å². The van der Waals surface area contributed by atoms with E-state index < -0.39 is 4.92 Å². The Kier molecular flexibility index (Phi) is 2.83. The number of phenols is 1. The van der Waals surface area contributed by atoms with Crippen molar-refractivity contribution in [2.24, 2.45) is 0 Å². The summed E-state index contributed by atoms with van der Waals surface area (Å²) in [6.07, 6.45) is 3.71. The molecule has 0 aliphatic heterocycles. The molecule has 0 fully saturated rings. The van der Waals surface area contributed by atoms with Crippen molar-refractivity contribution in [3.05, 3.63) is 64.7 Å². The molecule has 0 atom stereocenters. The zero-order valence-electron chi connectivity index (χ0n) is 10.4. The average molecular weight is 271 g/mol. The molecule has 0 unspecified atom stereocenters. The maximum atomic E-state index is 10.6. The van der Waals surface area contributed by atoms with Crippen LogP contribution in [0.2, 0.25) is 0 Å². The second kappa shape index (κ2) is 4.65. The van der Waals surface area contributed by atoms with E-state index in [9.17, 15) is 15.2 Å². The molecular weight excluding hydrogens is 260 g/mol. The summed E-state index contributed by atoms with van der Waals surface area (Å²) in [6, 6.07) is 9.94. The molecule has 6 heteroatoms. The molecule has 3 rings (SSSR count). The molecule has 0 amide bonds. The third-order valence-electron chi connectivity index (χ3n) is 2.99. The van der Waals surface area contributed by atoms with Crippen LogP contribution in [0.5, 0.6) is 5.75 Å². The summed E-state index contributed by atoms with van der Waals surface area (Å²) < 4.78 is 6.95. The van der Waals surface area contributed by atoms with Crippen molar-refractivity contribution >= 4 is 16.7 Å². The minimum absolute atomic E-state index is 0.198. The number of nitro groups is 1. The lowest BCUT2D eigenvalue weighted by molar-refractivity contribution is -0.688. The van der Waals surface area contributed by atoms with Crippen LogP contribution < -0.4 is 4.57 Å². The topological polar surface area (TPSA) is 80.4 Å². The molecule has 0 saturated carbocycles. The van der Waals surface area contributed by atoms with E-state index in [0.717, 1.165) is 10.8 Å². The van der Waals surface area contributed by atoms with Crippen LogP contribution in [-0.4, -0.2) is 10.0 Å². The molecule has 0 bridgehead atoms. The molecular formula is C14H11N2O4+. The summed E-state index contributed by atoms with van der Waals surface area (Å²) in [5, 5.41) is 21.9. The van der Waals surface area contributed by atoms with Crippen LogP contribution in [0.15, 0.2) is 53.2 Å². The minimum atomic E-state index is -0.563. The van der Waals surface area contributed by atoms with Crippen LogP contribution >= 0.6 is 0 Å². The Morgan fingerprint density at radius 1 is 1.20 bits per heavy atom. The van der Waals surface area contributed by atoms with E-state index in [1.165, 1.54) is 6.07 Å². The maximum Gasteiger partial charge on any atom is 0.433 e. The van der Waals surface area contributed by atoms with Crippen molar-refractivity contribution < 1.29 is 19.0 Å². The second-order valence-corrected chi connectivity index (χ2v) is 4.43. The first-order chi connectivity index (χ1) is 9.61. The van der Waals surface area contributed by atoms with Crippen molar-refractivity contribution in [2.45, 2.75) is 6.54 Å². The fraction of sp³-hybridized carbons (Fsp3) is 0.0714. The number of aromatic hydroxyl groups is 1. The highest BCUT2D eigenvalue weighted by Crippen LogP contribution is 2.18. The largest absolute Gasteiger partial charge is 0.508 e. The van der Waals surface area contributed by atoms with Crippen molar-refractivity contribution in [1.82, 2.24) is 0 Å². The number of nitrogens with zero attached hydrogens (tertiary/aromatic N) is 2. The lowest BCUT2D eigenvalue weighted by atomic mass is 10.2. The zero-order valence-corrected chi connectivity index (χ0v) is 10.4. The Balaban J connectivity index is 1.91. The first kappa shape index (κ1) is 12.2. The van der Waals surface area contributed by atoms with Gasteiger partial charge in [-0.1, -0.05) is 6.07 Å². The lowest BCUT2D eigenvalue weighted by Gasteiger charge is -1.98. The quantitative estimate of drug-likeness (QED) is 0.450. The standard InChI is InChI=1S/C14H10N2O4/c17-12-2-1-10-5-6-15(8-11(10)7-12)9-13-3-4-14(20-13)16(18)19/h1-8H,9H2/p+1. The zero-order chi connectivity index (χ0) is 14.1. The summed E-state index contributed by atoms with van der Waals surface area (Å²) in [7, 11) is 0. The SMILES string of the molecule is O=[N+]([O-])c1ccc(C[n+]2ccc3ccc(O)cc3c2)o1. The summed E-state index contributed by atoms with van der Waals surface area (Å²) >= 11 is 0. The van der Waals surface area contributed by atoms with E-state index in [1.54, 1.807) is 18.2 Å². The molecule has 0 aliphatic carbocycles. The second-order valence-electron chi connectivity index (χ2n) is 4.43. The van der Waals surface area contributed by atoms with Gasteiger partial charge in [-0.15, -0.1) is 0 Å². The molecule has 1 aromatic carbocycles. The number of hydrogen-bond acceptors (Lipinski definition) is 4. The molecule has 0 aliphatic rings. The molecule has 0 radical (unpaired) electrons. The van der Waals surface area contributed by atoms with E-state index in [0.29, 0.717) is 12.3 Å². The van der Waals surface area contributed by atoms with Crippen LogP contribution in [0.25, 0.3) is 10.8 Å². The highest BCUT2D eigenvalue weighted by Gasteiger charge is 2.14. The molecule has 20 heavy (non-hydrogen) atoms. The Hall–Kier alpha value is -2.89. The van der Waals surface area contributed by atoms with Crippen LogP contribution in [0, 0.1) is 10.1 Å². The molecule has 0 spiro atoms. The summed E-state index contributed by atoms with van der Waals surface area (Å²) in [6.45, 7) is 0.388. The van der Waals surface area contributed by atoms with E-state index in [-0.39, 0.29) is 11.6 Å². The van der Waals surface area contributed by atoms with Crippen LogP contribution in [0.1, 0.15) is 5.76 Å². The van der Waals surface area contributed by atoms with E-state index >= 15 is 0 Å². The minimum Gasteiger partial charge on any atom is -0.508 e. The van der Waals surface area contributed by atoms with Gasteiger partial charge in [0.1, 0.15) is 10.7 Å². The van der Waals surface area contributed by atoms with Gasteiger partial charge in [0.15, 0.2) is 18.2 Å². The number of fused-ring (bicyclic) bond motifs is 1. The maximum absolute atomic E-state index is 10.6. The Morgan fingerprint density at radius 2 is 2.05 bits per heavy atom. The van der Waals surface area contributed by atoms with Crippen LogP contribution in [0.3, 0.4) is 0 Å². The predicted molar refractivity (Wildman–Crippen MR) is 70.3 cm³/mol. The number of benzene rings is 1. The summed E-state index contributed by atoms with van der Waals surface area (Å²) in [4.78, 5) is 9.99. The average Bonchev–Trinajstić information content (AvgIpc) is 2.87. The van der Waals surface area contributed by atoms with Gasteiger partial charge in [0.05, 0.1) is 6.07 Å². The number of aromatic nitrogens is 1. The van der Waals surface area contributed by atoms with Crippen molar-refractivity contribution in [3.63, 3.8) is 0 Å². The summed E-state index contributed by atoms with van der Waals surface area (Å²) in [5.41, 5.74) is 0. The van der Waals surface area contributed by atoms with Crippen molar-refractivity contribution in [1.29, 1.82) is 0 Å². The summed E-state index contributed by atoms with van der Waals surface area (Å²) in [5.74, 6) is 0.434. The highest BCUT2D eigenvalue weighted by atomic mass is 16.6. The molecule has 3 aromatic rings. The Morgan fingerprint density at radius 3 is 2.80 bits per heavy atom. The van der Waals surface area contributed by atoms with E-state index in [1.807, 2.05) is 29.1 Å². The van der Waals surface area contributed by atoms with Gasteiger partial charge < -0.3 is 9.52 Å². The molecule has 2 heterocycles. The lowest BCUT2D eigenvalue weighted by Crippen LogP contribution is -2.32. The van der Waals surface area contributed by atoms with Gasteiger partial charge in [0, 0.05) is 11.5 Å². The smallest absolute Gasteiger partial charge is 0.433 e. The van der Waals surface area contributed by atoms with Crippen molar-refractivity contribution in [3.8, 4) is 5.75 Å². The third kappa shape index (κ3) is 2.31. The van der Waals surface area contributed by atoms with Gasteiger partial charge in [-0.25, -0.2) is 0 Å². The predicted octanol–water partition coefficient (Wildman–Crippen LogP) is 2.38. The van der Waals surface area contributed by atoms with E-state index in [4.69, 9.17) is 4.42 Å². The Labute approximate surface area is 113 Å². The first-order valence-corrected chi connectivity index (χ1v) is 5.97. The Bertz CT molecular complexity index is 795. The molecule has 0 saturated heterocycles. The number of furan rings is 1. The molecule has 100 valence electrons. The van der Waals surface area contributed by atoms with Gasteiger partial charge in [0.25, 0.3) is 0 Å². The normalized spacial score (nSPS) is 10.8. The highest BCUT2D eigenvalue weighted by molar-refractivity contribution is 5.81. The van der Waals surface area contributed by atoms with Crippen LogP contribution in [-0.2, 0) is 6.54 Å². The van der Waals surface area contributed by atoms with Gasteiger partial charge >= 0.3 is 5.88 Å². The van der Waals surface area contributed by atoms with Gasteiger partial charge in [-0.2, -0.15) is 4.57 Å². The fourth-order valence-corrected chi connectivity index (χ4v) is 2.05. The van der Waals surface area contributed by atoms with Crippen LogP contribution in [0.4, 0.5) is 5.88 Å². The number of phenolic OH excluding ortho intramolecular Hbond substituents is 1. The molecule has 6 nitrogen and oxygen atoms in total. The number of rotatable bonds is 3. The van der Waals surface area contributed by atoms with E-state index in [2.05, 4.69) is 0 Å². The molecule has 2 aromatic heterocycles. The van der Waals surface area contributed by atoms with Gasteiger partial charge in [-0.05, 0) is 23.6 Å². The number of pyridine rings is 1. The van der Waals surface area contributed by atoms with Gasteiger partial charge in [-0.3, -0.25) is 10.1 Å². The third-order valence-corrected chi connectivity index (χ3v) is 2.99. The monoisotopic (exact) mass is 271 g/mol.